The number of aliphatic carboxylic acids is 1. The van der Waals surface area contributed by atoms with Crippen LogP contribution in [0.4, 0.5) is 0 Å². The normalized spacial score (nSPS) is 27.1. The summed E-state index contributed by atoms with van der Waals surface area (Å²) in [6, 6.07) is 10.6. The van der Waals surface area contributed by atoms with Gasteiger partial charge in [0.1, 0.15) is 35.6 Å². The number of phenols is 2. The average molecular weight is 410 g/mol. The molecule has 0 amide bonds. The Bertz CT molecular complexity index is 873. The number of aromatic hydroxyl groups is 2. The van der Waals surface area contributed by atoms with Crippen LogP contribution >= 0.6 is 0 Å². The standard InChI is InChI=1S/C20H20O9/c21-12-7-11(8-13(22)9-12)2-1-10-3-5-14(6-4-10)28-20-17(25)15(23)16(24)18(29-20)19(26)27/h1-9,15-18,20-25H,(H,26,27)/b2-1+/i3+1,4+1,5+1,6+1,10+1,14+1. The molecule has 1 aliphatic rings. The van der Waals surface area contributed by atoms with E-state index in [2.05, 4.69) is 0 Å². The number of aliphatic hydroxyl groups is 3. The second kappa shape index (κ2) is 8.50. The Morgan fingerprint density at radius 1 is 0.862 bits per heavy atom. The first-order chi connectivity index (χ1) is 13.7. The summed E-state index contributed by atoms with van der Waals surface area (Å²) in [5.41, 5.74) is 1.35. The van der Waals surface area contributed by atoms with Gasteiger partial charge in [0.05, 0.1) is 0 Å². The van der Waals surface area contributed by atoms with E-state index in [1.165, 1.54) is 18.2 Å². The maximum absolute atomic E-state index is 11.1. The number of hydrogen-bond acceptors (Lipinski definition) is 8. The van der Waals surface area contributed by atoms with Crippen LogP contribution in [0.5, 0.6) is 17.2 Å². The van der Waals surface area contributed by atoms with Crippen molar-refractivity contribution >= 4 is 18.1 Å². The van der Waals surface area contributed by atoms with Gasteiger partial charge in [0, 0.05) is 6.07 Å². The number of phenolic OH excluding ortho intramolecular Hbond substituents is 2. The molecule has 0 radical (unpaired) electrons. The molecular formula is C20H20O9. The second-order valence-electron chi connectivity index (χ2n) is 6.54. The minimum absolute atomic E-state index is 0.0635. The van der Waals surface area contributed by atoms with Crippen molar-refractivity contribution in [1.29, 1.82) is 0 Å². The molecule has 1 aliphatic heterocycles. The molecular weight excluding hydrogens is 390 g/mol. The summed E-state index contributed by atoms with van der Waals surface area (Å²) in [7, 11) is 0. The molecule has 3 rings (SSSR count). The lowest BCUT2D eigenvalue weighted by Gasteiger charge is -2.38. The predicted molar refractivity (Wildman–Crippen MR) is 100 cm³/mol. The van der Waals surface area contributed by atoms with Crippen LogP contribution in [0.1, 0.15) is 11.1 Å². The minimum atomic E-state index is -1.79. The van der Waals surface area contributed by atoms with E-state index in [0.29, 0.717) is 5.56 Å². The molecule has 154 valence electrons. The van der Waals surface area contributed by atoms with Crippen LogP contribution in [-0.2, 0) is 9.53 Å². The zero-order valence-electron chi connectivity index (χ0n) is 15.0. The molecule has 0 bridgehead atoms. The van der Waals surface area contributed by atoms with E-state index in [4.69, 9.17) is 14.6 Å². The molecule has 5 unspecified atom stereocenters. The summed E-state index contributed by atoms with van der Waals surface area (Å²) in [6.45, 7) is 0. The molecule has 1 fully saturated rings. The average Bonchev–Trinajstić information content (AvgIpc) is 2.67. The SMILES string of the molecule is O=C(O)C1OC(O[13c]2[13cH][13cH][13c](/C=C/c3cc(O)cc(O)c3)[13cH][13cH]2)C(O)C(O)C1O. The fourth-order valence-corrected chi connectivity index (χ4v) is 2.85. The first-order valence-electron chi connectivity index (χ1n) is 8.65. The number of carboxylic acids is 1. The van der Waals surface area contributed by atoms with Crippen molar-refractivity contribution in [2.75, 3.05) is 0 Å². The highest BCUT2D eigenvalue weighted by Crippen LogP contribution is 2.26. The highest BCUT2D eigenvalue weighted by Gasteiger charge is 2.48. The van der Waals surface area contributed by atoms with Crippen molar-refractivity contribution in [3.8, 4) is 17.2 Å². The molecule has 6 N–H and O–H groups in total. The maximum Gasteiger partial charge on any atom is 0.335 e. The third-order valence-electron chi connectivity index (χ3n) is 4.34. The lowest BCUT2D eigenvalue weighted by atomic mass is 9.99. The van der Waals surface area contributed by atoms with Crippen LogP contribution in [0.2, 0.25) is 0 Å². The van der Waals surface area contributed by atoms with Gasteiger partial charge in [0.25, 0.3) is 0 Å². The second-order valence-corrected chi connectivity index (χ2v) is 6.54. The molecule has 0 aliphatic carbocycles. The number of aliphatic hydroxyl groups excluding tert-OH is 3. The van der Waals surface area contributed by atoms with E-state index in [1.807, 2.05) is 0 Å². The van der Waals surface area contributed by atoms with Crippen LogP contribution < -0.4 is 4.74 Å². The Balaban J connectivity index is 1.68. The largest absolute Gasteiger partial charge is 0.508 e. The van der Waals surface area contributed by atoms with E-state index >= 15 is 0 Å². The zero-order chi connectivity index (χ0) is 21.1. The Morgan fingerprint density at radius 2 is 1.45 bits per heavy atom. The van der Waals surface area contributed by atoms with Crippen molar-refractivity contribution in [3.63, 3.8) is 0 Å². The van der Waals surface area contributed by atoms with Crippen molar-refractivity contribution in [1.82, 2.24) is 0 Å². The van der Waals surface area contributed by atoms with Crippen LogP contribution in [0.3, 0.4) is 0 Å². The molecule has 5 atom stereocenters. The Hall–Kier alpha value is -3.11. The van der Waals surface area contributed by atoms with Crippen LogP contribution in [-0.4, -0.2) is 67.3 Å². The fraction of sp³-hybridized carbons (Fsp3) is 0.250. The van der Waals surface area contributed by atoms with Crippen molar-refractivity contribution in [2.45, 2.75) is 30.7 Å². The van der Waals surface area contributed by atoms with Gasteiger partial charge in [0.15, 0.2) is 6.10 Å². The molecule has 1 saturated heterocycles. The predicted octanol–water partition coefficient (Wildman–Crippen LogP) is 0.539. The Morgan fingerprint density at radius 3 is 2.03 bits per heavy atom. The first-order valence-corrected chi connectivity index (χ1v) is 8.65. The molecule has 9 heteroatoms. The van der Waals surface area contributed by atoms with Gasteiger partial charge in [-0.3, -0.25) is 0 Å². The van der Waals surface area contributed by atoms with Gasteiger partial charge >= 0.3 is 5.97 Å². The number of benzene rings is 2. The van der Waals surface area contributed by atoms with E-state index < -0.39 is 36.7 Å². The summed E-state index contributed by atoms with van der Waals surface area (Å²) >= 11 is 0. The van der Waals surface area contributed by atoms with E-state index in [-0.39, 0.29) is 17.2 Å². The lowest BCUT2D eigenvalue weighted by Crippen LogP contribution is -2.61. The minimum Gasteiger partial charge on any atom is -0.508 e. The summed E-state index contributed by atoms with van der Waals surface area (Å²) in [4.78, 5) is 11.1. The zero-order valence-corrected chi connectivity index (χ0v) is 15.0. The molecule has 0 aromatic heterocycles. The van der Waals surface area contributed by atoms with E-state index in [0.717, 1.165) is 5.56 Å². The van der Waals surface area contributed by atoms with Gasteiger partial charge in [-0.15, -0.1) is 0 Å². The van der Waals surface area contributed by atoms with E-state index in [9.17, 15) is 30.3 Å². The molecule has 2 aromatic rings. The maximum atomic E-state index is 11.1. The monoisotopic (exact) mass is 410 g/mol. The number of rotatable bonds is 5. The van der Waals surface area contributed by atoms with Crippen molar-refractivity contribution < 1.29 is 44.9 Å². The molecule has 29 heavy (non-hydrogen) atoms. The highest BCUT2D eigenvalue weighted by molar-refractivity contribution is 5.73. The first kappa shape index (κ1) is 20.6. The number of carboxylic acid groups (broad SMARTS) is 1. The summed E-state index contributed by atoms with van der Waals surface area (Å²) in [5, 5.41) is 57.5. The van der Waals surface area contributed by atoms with Gasteiger partial charge in [-0.2, -0.15) is 0 Å². The van der Waals surface area contributed by atoms with Crippen molar-refractivity contribution in [3.05, 3.63) is 53.6 Å². The number of hydrogen-bond donors (Lipinski definition) is 6. The molecule has 0 spiro atoms. The fourth-order valence-electron chi connectivity index (χ4n) is 2.85. The molecule has 9 nitrogen and oxygen atoms in total. The Kier molecular flexibility index (Phi) is 6.04. The lowest BCUT2D eigenvalue weighted by molar-refractivity contribution is -0.271. The molecule has 2 aromatic carbocycles. The van der Waals surface area contributed by atoms with Gasteiger partial charge < -0.3 is 40.1 Å². The van der Waals surface area contributed by atoms with Gasteiger partial charge in [-0.25, -0.2) is 4.79 Å². The van der Waals surface area contributed by atoms with E-state index in [1.54, 1.807) is 36.4 Å². The summed E-state index contributed by atoms with van der Waals surface area (Å²) in [5.74, 6) is -1.37. The number of carbonyl (C=O) groups is 1. The third-order valence-corrected chi connectivity index (χ3v) is 4.34. The summed E-state index contributed by atoms with van der Waals surface area (Å²) in [6.07, 6.45) is -4.98. The smallest absolute Gasteiger partial charge is 0.335 e. The molecule has 0 saturated carbocycles. The van der Waals surface area contributed by atoms with Crippen LogP contribution in [0, 0.1) is 0 Å². The third kappa shape index (κ3) is 4.84. The quantitative estimate of drug-likeness (QED) is 0.387. The highest BCUT2D eigenvalue weighted by atomic mass is 16.7. The van der Waals surface area contributed by atoms with Gasteiger partial charge in [0.2, 0.25) is 6.29 Å². The molecule has 1 heterocycles. The number of ether oxygens (including phenoxy) is 2. The van der Waals surface area contributed by atoms with Gasteiger partial charge in [-0.1, -0.05) is 24.3 Å². The Labute approximate surface area is 165 Å². The van der Waals surface area contributed by atoms with Crippen LogP contribution in [0.15, 0.2) is 42.5 Å². The summed E-state index contributed by atoms with van der Waals surface area (Å²) < 4.78 is 10.5. The topological polar surface area (TPSA) is 157 Å². The van der Waals surface area contributed by atoms with Crippen molar-refractivity contribution in [2.24, 2.45) is 0 Å². The van der Waals surface area contributed by atoms with Crippen LogP contribution in [0.25, 0.3) is 12.2 Å². The van der Waals surface area contributed by atoms with Gasteiger partial charge in [-0.05, 0) is 35.4 Å².